The highest BCUT2D eigenvalue weighted by molar-refractivity contribution is 5.64. The summed E-state index contributed by atoms with van der Waals surface area (Å²) < 4.78 is 8.17. The maximum atomic E-state index is 5.96. The molecule has 0 amide bonds. The molecule has 0 aliphatic heterocycles. The molecule has 1 aliphatic rings. The molecule has 1 saturated carbocycles. The van der Waals surface area contributed by atoms with Gasteiger partial charge in [-0.1, -0.05) is 52.3 Å². The smallest absolute Gasteiger partial charge is 0.132 e. The molecule has 1 aliphatic carbocycles. The van der Waals surface area contributed by atoms with E-state index in [0.717, 1.165) is 23.4 Å². The van der Waals surface area contributed by atoms with E-state index in [2.05, 4.69) is 37.3 Å². The molecular weight excluding hydrogens is 308 g/mol. The van der Waals surface area contributed by atoms with Crippen LogP contribution in [-0.2, 0) is 11.3 Å². The van der Waals surface area contributed by atoms with Crippen LogP contribution in [-0.4, -0.2) is 9.78 Å². The topological polar surface area (TPSA) is 27.1 Å². The molecule has 25 heavy (non-hydrogen) atoms. The zero-order valence-corrected chi connectivity index (χ0v) is 17.1. The standard InChI is InChI=1S/C20H30N2O.C2H6/c1-6-11-20-18(8-3)19(14-23-16(5)15(4)7-2)21-22(20)17-12-9-10-13-17;1-2/h6,8,11,17H,3,7,9-10,12-14H2,1-2,4-5H3;1-2H3/b11-6-,16-15-;. The van der Waals surface area contributed by atoms with Crippen LogP contribution in [0.4, 0.5) is 0 Å². The van der Waals surface area contributed by atoms with Gasteiger partial charge in [-0.25, -0.2) is 0 Å². The Morgan fingerprint density at radius 1 is 1.28 bits per heavy atom. The lowest BCUT2D eigenvalue weighted by Gasteiger charge is -2.12. The summed E-state index contributed by atoms with van der Waals surface area (Å²) in [6, 6.07) is 0.516. The Morgan fingerprint density at radius 2 is 1.92 bits per heavy atom. The molecule has 0 atom stereocenters. The lowest BCUT2D eigenvalue weighted by atomic mass is 10.1. The number of aromatic nitrogens is 2. The van der Waals surface area contributed by atoms with Crippen LogP contribution in [0.5, 0.6) is 0 Å². The fraction of sp³-hybridized carbons (Fsp3) is 0.591. The van der Waals surface area contributed by atoms with Crippen molar-refractivity contribution in [3.05, 3.63) is 40.9 Å². The first-order chi connectivity index (χ1) is 12.1. The maximum absolute atomic E-state index is 5.96. The van der Waals surface area contributed by atoms with E-state index in [9.17, 15) is 0 Å². The molecule has 0 radical (unpaired) electrons. The normalized spacial score (nSPS) is 15.8. The molecule has 0 saturated heterocycles. The van der Waals surface area contributed by atoms with Gasteiger partial charge in [0.15, 0.2) is 0 Å². The van der Waals surface area contributed by atoms with E-state index >= 15 is 0 Å². The molecule has 1 aromatic heterocycles. The summed E-state index contributed by atoms with van der Waals surface area (Å²) in [7, 11) is 0. The molecule has 0 spiro atoms. The van der Waals surface area contributed by atoms with Gasteiger partial charge in [0, 0.05) is 5.56 Å². The molecule has 3 heteroatoms. The van der Waals surface area contributed by atoms with Gasteiger partial charge in [0.2, 0.25) is 0 Å². The number of rotatable bonds is 7. The minimum absolute atomic E-state index is 0.509. The summed E-state index contributed by atoms with van der Waals surface area (Å²) in [6.07, 6.45) is 12.2. The molecule has 1 fully saturated rings. The van der Waals surface area contributed by atoms with Crippen LogP contribution in [0.15, 0.2) is 24.0 Å². The SMILES string of the molecule is C=Cc1c(CO/C(C)=C(/C)CC)nn(C2CCCC2)c1/C=C\C.CC. The van der Waals surface area contributed by atoms with Crippen LogP contribution in [0.1, 0.15) is 96.6 Å². The van der Waals surface area contributed by atoms with Crippen molar-refractivity contribution in [1.82, 2.24) is 9.78 Å². The number of allylic oxidation sites excluding steroid dienone is 3. The molecule has 1 aromatic rings. The van der Waals surface area contributed by atoms with Crippen molar-refractivity contribution in [2.24, 2.45) is 0 Å². The van der Waals surface area contributed by atoms with E-state index in [1.807, 2.05) is 33.8 Å². The Labute approximate surface area is 154 Å². The van der Waals surface area contributed by atoms with Gasteiger partial charge in [0.05, 0.1) is 17.5 Å². The van der Waals surface area contributed by atoms with Crippen molar-refractivity contribution in [2.75, 3.05) is 0 Å². The molecular formula is C22H36N2O. The van der Waals surface area contributed by atoms with Gasteiger partial charge in [0.25, 0.3) is 0 Å². The van der Waals surface area contributed by atoms with Crippen molar-refractivity contribution >= 4 is 12.2 Å². The molecule has 0 bridgehead atoms. The van der Waals surface area contributed by atoms with Crippen molar-refractivity contribution < 1.29 is 4.74 Å². The van der Waals surface area contributed by atoms with E-state index in [1.165, 1.54) is 37.0 Å². The number of ether oxygens (including phenoxy) is 1. The van der Waals surface area contributed by atoms with Gasteiger partial charge < -0.3 is 4.74 Å². The summed E-state index contributed by atoms with van der Waals surface area (Å²) in [4.78, 5) is 0. The maximum Gasteiger partial charge on any atom is 0.132 e. The lowest BCUT2D eigenvalue weighted by molar-refractivity contribution is 0.191. The van der Waals surface area contributed by atoms with Gasteiger partial charge in [-0.3, -0.25) is 4.68 Å². The zero-order chi connectivity index (χ0) is 18.8. The minimum atomic E-state index is 0.509. The van der Waals surface area contributed by atoms with Crippen LogP contribution >= 0.6 is 0 Å². The highest BCUT2D eigenvalue weighted by atomic mass is 16.5. The van der Waals surface area contributed by atoms with Crippen LogP contribution in [0.2, 0.25) is 0 Å². The van der Waals surface area contributed by atoms with E-state index in [1.54, 1.807) is 0 Å². The Kier molecular flexibility index (Phi) is 9.33. The monoisotopic (exact) mass is 344 g/mol. The number of hydrogen-bond acceptors (Lipinski definition) is 2. The molecule has 0 unspecified atom stereocenters. The van der Waals surface area contributed by atoms with Crippen LogP contribution < -0.4 is 0 Å². The summed E-state index contributed by atoms with van der Waals surface area (Å²) in [6.45, 7) is 16.9. The first-order valence-corrected chi connectivity index (χ1v) is 9.78. The Balaban J connectivity index is 0.00000151. The summed E-state index contributed by atoms with van der Waals surface area (Å²) >= 11 is 0. The Hall–Kier alpha value is -1.77. The van der Waals surface area contributed by atoms with Gasteiger partial charge in [0.1, 0.15) is 12.3 Å². The number of hydrogen-bond donors (Lipinski definition) is 0. The van der Waals surface area contributed by atoms with Gasteiger partial charge >= 0.3 is 0 Å². The van der Waals surface area contributed by atoms with Gasteiger partial charge in [-0.2, -0.15) is 5.10 Å². The van der Waals surface area contributed by atoms with E-state index in [-0.39, 0.29) is 0 Å². The minimum Gasteiger partial charge on any atom is -0.492 e. The largest absolute Gasteiger partial charge is 0.492 e. The van der Waals surface area contributed by atoms with Crippen molar-refractivity contribution in [3.8, 4) is 0 Å². The Morgan fingerprint density at radius 3 is 2.44 bits per heavy atom. The van der Waals surface area contributed by atoms with Crippen LogP contribution in [0, 0.1) is 0 Å². The quantitative estimate of drug-likeness (QED) is 0.502. The van der Waals surface area contributed by atoms with E-state index < -0.39 is 0 Å². The lowest BCUT2D eigenvalue weighted by Crippen LogP contribution is -2.09. The number of nitrogens with zero attached hydrogens (tertiary/aromatic N) is 2. The molecule has 0 aromatic carbocycles. The first-order valence-electron chi connectivity index (χ1n) is 9.78. The second-order valence-electron chi connectivity index (χ2n) is 6.31. The molecule has 0 N–H and O–H groups in total. The fourth-order valence-electron chi connectivity index (χ4n) is 3.14. The molecule has 140 valence electrons. The Bertz CT molecular complexity index is 602. The first kappa shape index (κ1) is 21.3. The molecule has 2 rings (SSSR count). The van der Waals surface area contributed by atoms with Crippen LogP contribution in [0.25, 0.3) is 12.2 Å². The predicted octanol–water partition coefficient (Wildman–Crippen LogP) is 6.92. The third-order valence-electron chi connectivity index (χ3n) is 4.82. The fourth-order valence-corrected chi connectivity index (χ4v) is 3.14. The van der Waals surface area contributed by atoms with Gasteiger partial charge in [-0.05, 0) is 51.7 Å². The second-order valence-corrected chi connectivity index (χ2v) is 6.31. The van der Waals surface area contributed by atoms with E-state index in [4.69, 9.17) is 9.84 Å². The average Bonchev–Trinajstić information content (AvgIpc) is 3.28. The van der Waals surface area contributed by atoms with Crippen LogP contribution in [0.3, 0.4) is 0 Å². The third kappa shape index (κ3) is 5.35. The third-order valence-corrected chi connectivity index (χ3v) is 4.82. The van der Waals surface area contributed by atoms with E-state index in [0.29, 0.717) is 12.6 Å². The van der Waals surface area contributed by atoms with Crippen molar-refractivity contribution in [2.45, 2.75) is 86.3 Å². The summed E-state index contributed by atoms with van der Waals surface area (Å²) in [5.74, 6) is 1.01. The molecule has 1 heterocycles. The highest BCUT2D eigenvalue weighted by Crippen LogP contribution is 2.33. The van der Waals surface area contributed by atoms with Gasteiger partial charge in [-0.15, -0.1) is 0 Å². The summed E-state index contributed by atoms with van der Waals surface area (Å²) in [5, 5.41) is 4.89. The zero-order valence-electron chi connectivity index (χ0n) is 17.1. The average molecular weight is 345 g/mol. The molecule has 3 nitrogen and oxygen atoms in total. The van der Waals surface area contributed by atoms with Crippen molar-refractivity contribution in [3.63, 3.8) is 0 Å². The summed E-state index contributed by atoms with van der Waals surface area (Å²) in [5.41, 5.74) is 4.55. The highest BCUT2D eigenvalue weighted by Gasteiger charge is 2.23. The second kappa shape index (κ2) is 11.0. The predicted molar refractivity (Wildman–Crippen MR) is 109 cm³/mol. The van der Waals surface area contributed by atoms with Crippen molar-refractivity contribution in [1.29, 1.82) is 0 Å².